The molecule has 1 saturated heterocycles. The third kappa shape index (κ3) is 4.34. The van der Waals surface area contributed by atoms with Gasteiger partial charge in [0.1, 0.15) is 5.82 Å². The summed E-state index contributed by atoms with van der Waals surface area (Å²) in [5.41, 5.74) is 0.897. The van der Waals surface area contributed by atoms with Crippen molar-refractivity contribution in [3.8, 4) is 0 Å². The lowest BCUT2D eigenvalue weighted by molar-refractivity contribution is 0.0714. The van der Waals surface area contributed by atoms with Crippen molar-refractivity contribution in [3.63, 3.8) is 0 Å². The van der Waals surface area contributed by atoms with Gasteiger partial charge in [0.2, 0.25) is 10.0 Å². The summed E-state index contributed by atoms with van der Waals surface area (Å²) in [7, 11) is -3.34. The number of rotatable bonds is 6. The van der Waals surface area contributed by atoms with Gasteiger partial charge in [-0.05, 0) is 30.7 Å². The van der Waals surface area contributed by atoms with Crippen LogP contribution in [0.1, 0.15) is 23.9 Å². The number of anilines is 2. The smallest absolute Gasteiger partial charge is 0.289 e. The van der Waals surface area contributed by atoms with Crippen molar-refractivity contribution in [2.75, 3.05) is 41.6 Å². The maximum atomic E-state index is 12.3. The first-order valence-corrected chi connectivity index (χ1v) is 10.2. The van der Waals surface area contributed by atoms with E-state index < -0.39 is 10.0 Å². The van der Waals surface area contributed by atoms with Crippen molar-refractivity contribution in [3.05, 3.63) is 42.5 Å². The van der Waals surface area contributed by atoms with Gasteiger partial charge in [0.05, 0.1) is 23.9 Å². The van der Waals surface area contributed by atoms with Crippen LogP contribution in [-0.4, -0.2) is 56.1 Å². The fraction of sp³-hybridized carbons (Fsp3) is 0.412. The Morgan fingerprint density at radius 2 is 2.00 bits per heavy atom. The molecule has 0 saturated carbocycles. The van der Waals surface area contributed by atoms with Crippen molar-refractivity contribution in [1.29, 1.82) is 0 Å². The van der Waals surface area contributed by atoms with E-state index in [4.69, 9.17) is 4.42 Å². The molecule has 1 fully saturated rings. The van der Waals surface area contributed by atoms with Gasteiger partial charge in [-0.15, -0.1) is 0 Å². The summed E-state index contributed by atoms with van der Waals surface area (Å²) >= 11 is 0. The first-order valence-electron chi connectivity index (χ1n) is 8.53. The van der Waals surface area contributed by atoms with Gasteiger partial charge in [-0.1, -0.05) is 6.92 Å². The van der Waals surface area contributed by atoms with Crippen LogP contribution in [0.3, 0.4) is 0 Å². The number of nitrogens with one attached hydrogen (secondary N) is 1. The molecule has 3 rings (SSSR count). The molecule has 2 aromatic heterocycles. The topological polar surface area (TPSA) is 95.8 Å². The van der Waals surface area contributed by atoms with E-state index in [1.807, 2.05) is 13.0 Å². The van der Waals surface area contributed by atoms with Crippen LogP contribution in [0.5, 0.6) is 0 Å². The first kappa shape index (κ1) is 18.2. The monoisotopic (exact) mass is 378 g/mol. The summed E-state index contributed by atoms with van der Waals surface area (Å²) in [6, 6.07) is 6.85. The Labute approximate surface area is 152 Å². The van der Waals surface area contributed by atoms with Crippen molar-refractivity contribution in [2.24, 2.45) is 0 Å². The Morgan fingerprint density at radius 1 is 1.23 bits per heavy atom. The van der Waals surface area contributed by atoms with Gasteiger partial charge in [0, 0.05) is 26.2 Å². The van der Waals surface area contributed by atoms with Gasteiger partial charge < -0.3 is 14.2 Å². The normalized spacial score (nSPS) is 15.1. The molecule has 0 aromatic carbocycles. The van der Waals surface area contributed by atoms with E-state index in [0.717, 1.165) is 5.69 Å². The van der Waals surface area contributed by atoms with E-state index in [9.17, 15) is 13.2 Å². The van der Waals surface area contributed by atoms with E-state index in [-0.39, 0.29) is 11.7 Å². The molecule has 8 nitrogen and oxygen atoms in total. The van der Waals surface area contributed by atoms with Crippen LogP contribution in [0.4, 0.5) is 11.5 Å². The summed E-state index contributed by atoms with van der Waals surface area (Å²) in [6.07, 6.45) is 3.69. The highest BCUT2D eigenvalue weighted by Crippen LogP contribution is 2.19. The molecule has 2 aromatic rings. The van der Waals surface area contributed by atoms with Crippen LogP contribution < -0.4 is 9.62 Å². The Bertz CT molecular complexity index is 826. The predicted octanol–water partition coefficient (Wildman–Crippen LogP) is 1.79. The minimum Gasteiger partial charge on any atom is -0.459 e. The second-order valence-corrected chi connectivity index (χ2v) is 7.92. The number of carbonyl (C=O) groups excluding carboxylic acids is 1. The second kappa shape index (κ2) is 7.77. The molecule has 1 amide bonds. The number of hydrogen-bond acceptors (Lipinski definition) is 6. The number of sulfonamides is 1. The Balaban J connectivity index is 1.57. The van der Waals surface area contributed by atoms with Crippen molar-refractivity contribution >= 4 is 27.4 Å². The van der Waals surface area contributed by atoms with Crippen LogP contribution in [0, 0.1) is 0 Å². The van der Waals surface area contributed by atoms with Gasteiger partial charge >= 0.3 is 0 Å². The lowest BCUT2D eigenvalue weighted by Crippen LogP contribution is -2.48. The molecule has 1 aliphatic rings. The molecule has 1 aliphatic heterocycles. The number of furan rings is 1. The van der Waals surface area contributed by atoms with Crippen molar-refractivity contribution in [2.45, 2.75) is 13.3 Å². The van der Waals surface area contributed by atoms with E-state index in [1.54, 1.807) is 29.3 Å². The minimum atomic E-state index is -3.34. The zero-order chi connectivity index (χ0) is 18.6. The molecule has 0 spiro atoms. The van der Waals surface area contributed by atoms with Crippen LogP contribution >= 0.6 is 0 Å². The molecule has 0 unspecified atom stereocenters. The maximum absolute atomic E-state index is 12.3. The van der Waals surface area contributed by atoms with Gasteiger partial charge in [-0.2, -0.15) is 0 Å². The molecule has 0 atom stereocenters. The number of pyridine rings is 1. The van der Waals surface area contributed by atoms with Crippen molar-refractivity contribution in [1.82, 2.24) is 9.88 Å². The van der Waals surface area contributed by atoms with Crippen LogP contribution in [0.15, 0.2) is 41.1 Å². The number of carbonyl (C=O) groups is 1. The summed E-state index contributed by atoms with van der Waals surface area (Å²) < 4.78 is 31.2. The molecule has 0 aliphatic carbocycles. The van der Waals surface area contributed by atoms with Crippen LogP contribution in [-0.2, 0) is 10.0 Å². The number of piperazine rings is 1. The highest BCUT2D eigenvalue weighted by atomic mass is 32.2. The average Bonchev–Trinajstić information content (AvgIpc) is 3.16. The van der Waals surface area contributed by atoms with Gasteiger partial charge in [0.25, 0.3) is 5.91 Å². The second-order valence-electron chi connectivity index (χ2n) is 6.08. The number of nitrogens with zero attached hydrogens (tertiary/aromatic N) is 3. The molecule has 3 heterocycles. The molecule has 0 radical (unpaired) electrons. The number of hydrogen-bond donors (Lipinski definition) is 1. The number of aromatic nitrogens is 1. The lowest BCUT2D eigenvalue weighted by Gasteiger charge is -2.35. The van der Waals surface area contributed by atoms with Crippen LogP contribution in [0.2, 0.25) is 0 Å². The van der Waals surface area contributed by atoms with E-state index in [0.29, 0.717) is 44.2 Å². The quantitative estimate of drug-likeness (QED) is 0.823. The molecule has 9 heteroatoms. The zero-order valence-corrected chi connectivity index (χ0v) is 15.4. The summed E-state index contributed by atoms with van der Waals surface area (Å²) in [4.78, 5) is 20.3. The molecular formula is C17H22N4O4S. The van der Waals surface area contributed by atoms with Gasteiger partial charge in [-0.3, -0.25) is 9.52 Å². The molecular weight excluding hydrogens is 356 g/mol. The highest BCUT2D eigenvalue weighted by molar-refractivity contribution is 7.92. The fourth-order valence-corrected chi connectivity index (χ4v) is 3.92. The largest absolute Gasteiger partial charge is 0.459 e. The number of amides is 1. The molecule has 1 N–H and O–H groups in total. The Hall–Kier alpha value is -2.55. The van der Waals surface area contributed by atoms with Gasteiger partial charge in [-0.25, -0.2) is 13.4 Å². The predicted molar refractivity (Wildman–Crippen MR) is 98.8 cm³/mol. The zero-order valence-electron chi connectivity index (χ0n) is 14.6. The minimum absolute atomic E-state index is 0.0715. The Kier molecular flexibility index (Phi) is 5.46. The highest BCUT2D eigenvalue weighted by Gasteiger charge is 2.24. The van der Waals surface area contributed by atoms with E-state index >= 15 is 0 Å². The summed E-state index contributed by atoms with van der Waals surface area (Å²) in [5, 5.41) is 0. The summed E-state index contributed by atoms with van der Waals surface area (Å²) in [6.45, 7) is 4.34. The Morgan fingerprint density at radius 3 is 2.58 bits per heavy atom. The van der Waals surface area contributed by atoms with Gasteiger partial charge in [0.15, 0.2) is 5.76 Å². The average molecular weight is 378 g/mol. The molecule has 26 heavy (non-hydrogen) atoms. The molecule has 0 bridgehead atoms. The van der Waals surface area contributed by atoms with E-state index in [2.05, 4.69) is 14.6 Å². The standard InChI is InChI=1S/C17H22N4O4S/c1-2-12-26(23,24)19-16-6-5-14(13-18-16)20-7-9-21(10-8-20)17(22)15-4-3-11-25-15/h3-6,11,13H,2,7-10,12H2,1H3,(H,18,19). The molecule has 140 valence electrons. The third-order valence-electron chi connectivity index (χ3n) is 4.14. The maximum Gasteiger partial charge on any atom is 0.289 e. The fourth-order valence-electron chi connectivity index (χ4n) is 2.84. The SMILES string of the molecule is CCCS(=O)(=O)Nc1ccc(N2CCN(C(=O)c3ccco3)CC2)cn1. The van der Waals surface area contributed by atoms with Crippen LogP contribution in [0.25, 0.3) is 0 Å². The third-order valence-corrected chi connectivity index (χ3v) is 5.61. The van der Waals surface area contributed by atoms with E-state index in [1.165, 1.54) is 6.26 Å². The van der Waals surface area contributed by atoms with Crippen molar-refractivity contribution < 1.29 is 17.6 Å². The lowest BCUT2D eigenvalue weighted by atomic mass is 10.2. The first-order chi connectivity index (χ1) is 12.5. The summed E-state index contributed by atoms with van der Waals surface area (Å²) in [5.74, 6) is 0.633.